The lowest BCUT2D eigenvalue weighted by Crippen LogP contribution is -2.34. The van der Waals surface area contributed by atoms with E-state index in [1.54, 1.807) is 6.07 Å². The van der Waals surface area contributed by atoms with E-state index in [0.29, 0.717) is 11.8 Å². The summed E-state index contributed by atoms with van der Waals surface area (Å²) < 4.78 is 14.0. The normalized spacial score (nSPS) is 25.8. The Morgan fingerprint density at radius 2 is 2.06 bits per heavy atom. The quantitative estimate of drug-likeness (QED) is 0.768. The van der Waals surface area contributed by atoms with Crippen molar-refractivity contribution in [2.24, 2.45) is 5.92 Å². The summed E-state index contributed by atoms with van der Waals surface area (Å²) in [6.45, 7) is 8.18. The fourth-order valence-corrected chi connectivity index (χ4v) is 2.84. The van der Waals surface area contributed by atoms with E-state index < -0.39 is 0 Å². The molecule has 0 aliphatic carbocycles. The number of benzene rings is 1. The smallest absolute Gasteiger partial charge is 0.127 e. The standard InChI is InChI=1S/C14H20FN/c1-9-6-10(2)14(13(15)7-9)12-4-5-16-8-11(12)3/h6-7,11-12,16H,4-5,8H2,1-3H3. The van der Waals surface area contributed by atoms with Gasteiger partial charge in [-0.05, 0) is 68.0 Å². The van der Waals surface area contributed by atoms with Crippen molar-refractivity contribution >= 4 is 0 Å². The van der Waals surface area contributed by atoms with Crippen LogP contribution in [0.4, 0.5) is 4.39 Å². The Labute approximate surface area is 97.1 Å². The predicted molar refractivity (Wildman–Crippen MR) is 65.3 cm³/mol. The molecule has 1 aromatic rings. The molecule has 1 fully saturated rings. The molecule has 2 atom stereocenters. The van der Waals surface area contributed by atoms with Crippen LogP contribution >= 0.6 is 0 Å². The van der Waals surface area contributed by atoms with Crippen LogP contribution in [0.1, 0.15) is 36.0 Å². The molecule has 0 radical (unpaired) electrons. The zero-order valence-electron chi connectivity index (χ0n) is 10.3. The van der Waals surface area contributed by atoms with Crippen molar-refractivity contribution < 1.29 is 4.39 Å². The van der Waals surface area contributed by atoms with Crippen molar-refractivity contribution in [3.8, 4) is 0 Å². The molecule has 2 heteroatoms. The van der Waals surface area contributed by atoms with Gasteiger partial charge in [0, 0.05) is 0 Å². The fourth-order valence-electron chi connectivity index (χ4n) is 2.84. The average Bonchev–Trinajstić information content (AvgIpc) is 2.19. The van der Waals surface area contributed by atoms with Crippen LogP contribution in [0.15, 0.2) is 12.1 Å². The molecule has 1 aliphatic heterocycles. The number of piperidine rings is 1. The third-order valence-electron chi connectivity index (χ3n) is 3.64. The van der Waals surface area contributed by atoms with E-state index in [4.69, 9.17) is 0 Å². The monoisotopic (exact) mass is 221 g/mol. The third-order valence-corrected chi connectivity index (χ3v) is 3.64. The van der Waals surface area contributed by atoms with Crippen LogP contribution in [-0.4, -0.2) is 13.1 Å². The van der Waals surface area contributed by atoms with Gasteiger partial charge in [0.25, 0.3) is 0 Å². The van der Waals surface area contributed by atoms with Gasteiger partial charge in [-0.3, -0.25) is 0 Å². The number of nitrogens with one attached hydrogen (secondary N) is 1. The molecule has 0 aromatic heterocycles. The van der Waals surface area contributed by atoms with Gasteiger partial charge in [0.1, 0.15) is 5.82 Å². The van der Waals surface area contributed by atoms with Crippen LogP contribution in [0.3, 0.4) is 0 Å². The lowest BCUT2D eigenvalue weighted by molar-refractivity contribution is 0.340. The molecule has 1 heterocycles. The molecule has 1 saturated heterocycles. The van der Waals surface area contributed by atoms with E-state index in [1.807, 2.05) is 13.8 Å². The van der Waals surface area contributed by atoms with Crippen molar-refractivity contribution in [2.75, 3.05) is 13.1 Å². The van der Waals surface area contributed by atoms with Gasteiger partial charge < -0.3 is 5.32 Å². The lowest BCUT2D eigenvalue weighted by Gasteiger charge is -2.31. The van der Waals surface area contributed by atoms with E-state index in [-0.39, 0.29) is 5.82 Å². The molecule has 0 amide bonds. The average molecular weight is 221 g/mol. The van der Waals surface area contributed by atoms with Crippen LogP contribution in [0.2, 0.25) is 0 Å². The SMILES string of the molecule is Cc1cc(C)c(C2CCNCC2C)c(F)c1. The summed E-state index contributed by atoms with van der Waals surface area (Å²) in [5, 5.41) is 3.36. The van der Waals surface area contributed by atoms with E-state index in [2.05, 4.69) is 18.3 Å². The van der Waals surface area contributed by atoms with Crippen molar-refractivity contribution in [3.05, 3.63) is 34.6 Å². The maximum atomic E-state index is 14.0. The first-order valence-electron chi connectivity index (χ1n) is 6.07. The molecule has 16 heavy (non-hydrogen) atoms. The Balaban J connectivity index is 2.38. The van der Waals surface area contributed by atoms with Gasteiger partial charge in [0.15, 0.2) is 0 Å². The van der Waals surface area contributed by atoms with Gasteiger partial charge in [-0.2, -0.15) is 0 Å². The second-order valence-electron chi connectivity index (χ2n) is 5.05. The van der Waals surface area contributed by atoms with Gasteiger partial charge in [-0.1, -0.05) is 13.0 Å². The zero-order valence-corrected chi connectivity index (χ0v) is 10.3. The molecule has 88 valence electrons. The Hall–Kier alpha value is -0.890. The topological polar surface area (TPSA) is 12.0 Å². The maximum absolute atomic E-state index is 14.0. The van der Waals surface area contributed by atoms with Crippen LogP contribution in [-0.2, 0) is 0 Å². The van der Waals surface area contributed by atoms with E-state index >= 15 is 0 Å². The van der Waals surface area contributed by atoms with Gasteiger partial charge >= 0.3 is 0 Å². The van der Waals surface area contributed by atoms with Crippen LogP contribution in [0, 0.1) is 25.6 Å². The summed E-state index contributed by atoms with van der Waals surface area (Å²) in [5.74, 6) is 0.878. The van der Waals surface area contributed by atoms with E-state index in [9.17, 15) is 4.39 Å². The molecular weight excluding hydrogens is 201 g/mol. The molecule has 2 unspecified atom stereocenters. The van der Waals surface area contributed by atoms with Crippen LogP contribution in [0.25, 0.3) is 0 Å². The summed E-state index contributed by atoms with van der Waals surface area (Å²) in [4.78, 5) is 0. The Kier molecular flexibility index (Phi) is 3.29. The Morgan fingerprint density at radius 1 is 1.31 bits per heavy atom. The molecule has 1 aliphatic rings. The highest BCUT2D eigenvalue weighted by Crippen LogP contribution is 2.34. The highest BCUT2D eigenvalue weighted by atomic mass is 19.1. The summed E-state index contributed by atoms with van der Waals surface area (Å²) in [7, 11) is 0. The van der Waals surface area contributed by atoms with Gasteiger partial charge in [-0.25, -0.2) is 4.39 Å². The molecule has 0 spiro atoms. The predicted octanol–water partition coefficient (Wildman–Crippen LogP) is 3.16. The Bertz CT molecular complexity index is 363. The second kappa shape index (κ2) is 4.54. The minimum Gasteiger partial charge on any atom is -0.316 e. The van der Waals surface area contributed by atoms with Crippen LogP contribution < -0.4 is 5.32 Å². The minimum absolute atomic E-state index is 0.0174. The van der Waals surface area contributed by atoms with E-state index in [1.165, 1.54) is 0 Å². The molecule has 2 rings (SSSR count). The van der Waals surface area contributed by atoms with Crippen molar-refractivity contribution in [1.29, 1.82) is 0 Å². The lowest BCUT2D eigenvalue weighted by atomic mass is 9.80. The summed E-state index contributed by atoms with van der Waals surface area (Å²) >= 11 is 0. The molecular formula is C14H20FN. The number of halogens is 1. The number of aryl methyl sites for hydroxylation is 2. The van der Waals surface area contributed by atoms with Gasteiger partial charge in [-0.15, -0.1) is 0 Å². The number of hydrogen-bond donors (Lipinski definition) is 1. The van der Waals surface area contributed by atoms with Crippen molar-refractivity contribution in [1.82, 2.24) is 5.32 Å². The minimum atomic E-state index is -0.0174. The maximum Gasteiger partial charge on any atom is 0.127 e. The third kappa shape index (κ3) is 2.12. The first-order chi connectivity index (χ1) is 7.59. The molecule has 0 saturated carbocycles. The van der Waals surface area contributed by atoms with Gasteiger partial charge in [0.2, 0.25) is 0 Å². The first-order valence-corrected chi connectivity index (χ1v) is 6.07. The highest BCUT2D eigenvalue weighted by Gasteiger charge is 2.26. The summed E-state index contributed by atoms with van der Waals surface area (Å²) in [5.41, 5.74) is 3.07. The summed E-state index contributed by atoms with van der Waals surface area (Å²) in [6.07, 6.45) is 1.04. The Morgan fingerprint density at radius 3 is 2.69 bits per heavy atom. The molecule has 1 aromatic carbocycles. The fraction of sp³-hybridized carbons (Fsp3) is 0.571. The van der Waals surface area contributed by atoms with Crippen LogP contribution in [0.5, 0.6) is 0 Å². The van der Waals surface area contributed by atoms with Crippen molar-refractivity contribution in [2.45, 2.75) is 33.1 Å². The van der Waals surface area contributed by atoms with Crippen molar-refractivity contribution in [3.63, 3.8) is 0 Å². The highest BCUT2D eigenvalue weighted by molar-refractivity contribution is 5.35. The summed E-state index contributed by atoms with van der Waals surface area (Å²) in [6, 6.07) is 3.75. The first kappa shape index (κ1) is 11.6. The number of rotatable bonds is 1. The molecule has 1 N–H and O–H groups in total. The number of hydrogen-bond acceptors (Lipinski definition) is 1. The zero-order chi connectivity index (χ0) is 11.7. The van der Waals surface area contributed by atoms with Gasteiger partial charge in [0.05, 0.1) is 0 Å². The largest absolute Gasteiger partial charge is 0.316 e. The molecule has 0 bridgehead atoms. The van der Waals surface area contributed by atoms with E-state index in [0.717, 1.165) is 36.2 Å². The second-order valence-corrected chi connectivity index (χ2v) is 5.05. The molecule has 1 nitrogen and oxygen atoms in total.